The monoisotopic (exact) mass is 410 g/mol. The van der Waals surface area contributed by atoms with E-state index in [1.165, 1.54) is 37.7 Å². The molecule has 164 valence electrons. The van der Waals surface area contributed by atoms with Crippen LogP contribution in [0.3, 0.4) is 0 Å². The summed E-state index contributed by atoms with van der Waals surface area (Å²) in [6, 6.07) is 0.473. The molecule has 0 aromatic carbocycles. The van der Waals surface area contributed by atoms with E-state index >= 15 is 0 Å². The molecule has 4 rings (SSSR count). The number of nitrogens with zero attached hydrogens (tertiary/aromatic N) is 1. The van der Waals surface area contributed by atoms with Crippen molar-refractivity contribution in [2.45, 2.75) is 95.9 Å². The van der Waals surface area contributed by atoms with Crippen molar-refractivity contribution in [2.75, 3.05) is 13.1 Å². The third-order valence-electron chi connectivity index (χ3n) is 8.03. The van der Waals surface area contributed by atoms with Crippen molar-refractivity contribution in [3.63, 3.8) is 0 Å². The summed E-state index contributed by atoms with van der Waals surface area (Å²) in [7, 11) is 0. The molecule has 0 aromatic rings. The second-order valence-corrected chi connectivity index (χ2v) is 9.78. The van der Waals surface area contributed by atoms with Gasteiger partial charge in [-0.3, -0.25) is 4.90 Å². The highest BCUT2D eigenvalue weighted by atomic mass is 19.4. The maximum Gasteiger partial charge on any atom is 0.391 e. The first kappa shape index (κ1) is 21.4. The number of hydrogen-bond donors (Lipinski definition) is 1. The Balaban J connectivity index is 1.53. The van der Waals surface area contributed by atoms with E-state index in [4.69, 9.17) is 0 Å². The van der Waals surface area contributed by atoms with Crippen LogP contribution in [0.1, 0.15) is 77.6 Å². The highest BCUT2D eigenvalue weighted by Crippen LogP contribution is 2.43. The molecule has 1 heterocycles. The topological polar surface area (TPSA) is 15.3 Å². The highest BCUT2D eigenvalue weighted by Gasteiger charge is 2.46. The average molecular weight is 411 g/mol. The Morgan fingerprint density at radius 2 is 1.76 bits per heavy atom. The van der Waals surface area contributed by atoms with Crippen LogP contribution in [0.15, 0.2) is 23.3 Å². The van der Waals surface area contributed by atoms with Gasteiger partial charge >= 0.3 is 6.18 Å². The summed E-state index contributed by atoms with van der Waals surface area (Å²) < 4.78 is 39.4. The summed E-state index contributed by atoms with van der Waals surface area (Å²) >= 11 is 0. The molecular weight excluding hydrogens is 373 g/mol. The first-order valence-electron chi connectivity index (χ1n) is 11.9. The first-order chi connectivity index (χ1) is 13.9. The number of alkyl halides is 3. The fourth-order valence-electron chi connectivity index (χ4n) is 6.50. The highest BCUT2D eigenvalue weighted by molar-refractivity contribution is 5.32. The zero-order valence-corrected chi connectivity index (χ0v) is 17.8. The molecule has 1 aliphatic heterocycles. The van der Waals surface area contributed by atoms with Crippen molar-refractivity contribution < 1.29 is 13.2 Å². The standard InChI is InChI=1S/C24H37F3N2/c1-17-7-5-6-10-21(17)22(18-8-3-2-4-9-18)29-16-15-28-23(29)19-11-13-20(14-12-19)24(25,26)27/h5,7,18-20,22-23,28H,2-4,6,8-16H2,1H3. The van der Waals surface area contributed by atoms with Crippen molar-refractivity contribution >= 4 is 0 Å². The minimum Gasteiger partial charge on any atom is -0.300 e. The summed E-state index contributed by atoms with van der Waals surface area (Å²) in [5.74, 6) is -0.0347. The van der Waals surface area contributed by atoms with E-state index < -0.39 is 12.1 Å². The van der Waals surface area contributed by atoms with E-state index in [9.17, 15) is 13.2 Å². The van der Waals surface area contributed by atoms with Crippen molar-refractivity contribution in [1.29, 1.82) is 0 Å². The lowest BCUT2D eigenvalue weighted by atomic mass is 9.75. The number of nitrogens with one attached hydrogen (secondary N) is 1. The van der Waals surface area contributed by atoms with Crippen LogP contribution in [0, 0.1) is 17.8 Å². The summed E-state index contributed by atoms with van der Waals surface area (Å²) in [5.41, 5.74) is 3.04. The van der Waals surface area contributed by atoms with Crippen molar-refractivity contribution in [3.8, 4) is 0 Å². The van der Waals surface area contributed by atoms with Gasteiger partial charge in [-0.2, -0.15) is 13.2 Å². The van der Waals surface area contributed by atoms with Gasteiger partial charge in [0.1, 0.15) is 0 Å². The van der Waals surface area contributed by atoms with E-state index in [-0.39, 0.29) is 6.17 Å². The van der Waals surface area contributed by atoms with Gasteiger partial charge in [0.25, 0.3) is 0 Å². The zero-order chi connectivity index (χ0) is 20.4. The third-order valence-corrected chi connectivity index (χ3v) is 8.03. The normalized spacial score (nSPS) is 34.0. The Labute approximate surface area is 174 Å². The largest absolute Gasteiger partial charge is 0.391 e. The van der Waals surface area contributed by atoms with E-state index in [1.807, 2.05) is 0 Å². The van der Waals surface area contributed by atoms with Crippen LogP contribution in [0.25, 0.3) is 0 Å². The van der Waals surface area contributed by atoms with Gasteiger partial charge in [-0.25, -0.2) is 0 Å². The molecule has 0 amide bonds. The molecule has 2 atom stereocenters. The van der Waals surface area contributed by atoms with E-state index in [0.717, 1.165) is 25.9 Å². The molecule has 2 unspecified atom stereocenters. The summed E-state index contributed by atoms with van der Waals surface area (Å²) in [4.78, 5) is 2.69. The molecule has 0 radical (unpaired) electrons. The second kappa shape index (κ2) is 9.13. The number of hydrogen-bond acceptors (Lipinski definition) is 2. The van der Waals surface area contributed by atoms with Crippen LogP contribution in [0.4, 0.5) is 13.2 Å². The Kier molecular flexibility index (Phi) is 6.75. The number of halogens is 3. The van der Waals surface area contributed by atoms with Gasteiger partial charge in [-0.15, -0.1) is 0 Å². The molecule has 5 heteroatoms. The van der Waals surface area contributed by atoms with Crippen LogP contribution in [-0.2, 0) is 0 Å². The number of allylic oxidation sites excluding steroid dienone is 3. The minimum absolute atomic E-state index is 0.252. The fourth-order valence-corrected chi connectivity index (χ4v) is 6.50. The van der Waals surface area contributed by atoms with Gasteiger partial charge in [-0.1, -0.05) is 37.0 Å². The summed E-state index contributed by atoms with van der Waals surface area (Å²) in [5, 5.41) is 3.71. The molecule has 1 saturated heterocycles. The average Bonchev–Trinajstić information content (AvgIpc) is 3.19. The maximum atomic E-state index is 13.1. The molecular formula is C24H37F3N2. The van der Waals surface area contributed by atoms with E-state index in [1.54, 1.807) is 5.57 Å². The van der Waals surface area contributed by atoms with Crippen LogP contribution in [0.5, 0.6) is 0 Å². The molecule has 0 bridgehead atoms. The Hall–Kier alpha value is -0.810. The number of rotatable bonds is 4. The second-order valence-electron chi connectivity index (χ2n) is 9.78. The minimum atomic E-state index is -4.02. The third kappa shape index (κ3) is 4.76. The van der Waals surface area contributed by atoms with Crippen molar-refractivity contribution in [3.05, 3.63) is 23.3 Å². The van der Waals surface area contributed by atoms with Gasteiger partial charge < -0.3 is 5.32 Å². The van der Waals surface area contributed by atoms with Crippen LogP contribution < -0.4 is 5.32 Å². The Morgan fingerprint density at radius 3 is 2.41 bits per heavy atom. The fraction of sp³-hybridized carbons (Fsp3) is 0.833. The molecule has 2 saturated carbocycles. The van der Waals surface area contributed by atoms with Gasteiger partial charge in [0.05, 0.1) is 12.1 Å². The van der Waals surface area contributed by atoms with Crippen molar-refractivity contribution in [2.24, 2.45) is 17.8 Å². The lowest BCUT2D eigenvalue weighted by Gasteiger charge is -2.45. The van der Waals surface area contributed by atoms with Gasteiger partial charge in [0.2, 0.25) is 0 Å². The molecule has 0 spiro atoms. The summed E-state index contributed by atoms with van der Waals surface area (Å²) in [6.45, 7) is 4.26. The SMILES string of the molecule is CC1=C(C(C2CCCCC2)N2CCNC2C2CCC(C(F)(F)F)CC2)CCC=C1. The van der Waals surface area contributed by atoms with Gasteiger partial charge in [-0.05, 0) is 75.7 Å². The van der Waals surface area contributed by atoms with E-state index in [0.29, 0.717) is 43.6 Å². The van der Waals surface area contributed by atoms with Gasteiger partial charge in [0, 0.05) is 19.1 Å². The molecule has 1 N–H and O–H groups in total. The van der Waals surface area contributed by atoms with E-state index in [2.05, 4.69) is 29.3 Å². The molecule has 0 aromatic heterocycles. The van der Waals surface area contributed by atoms with Crippen LogP contribution in [-0.4, -0.2) is 36.4 Å². The molecule has 3 fully saturated rings. The molecule has 3 aliphatic carbocycles. The molecule has 2 nitrogen and oxygen atoms in total. The quantitative estimate of drug-likeness (QED) is 0.593. The predicted octanol–water partition coefficient (Wildman–Crippen LogP) is 6.20. The van der Waals surface area contributed by atoms with Gasteiger partial charge in [0.15, 0.2) is 0 Å². The lowest BCUT2D eigenvalue weighted by Crippen LogP contribution is -2.52. The molecule has 4 aliphatic rings. The van der Waals surface area contributed by atoms with Crippen LogP contribution >= 0.6 is 0 Å². The smallest absolute Gasteiger partial charge is 0.300 e. The zero-order valence-electron chi connectivity index (χ0n) is 17.8. The van der Waals surface area contributed by atoms with Crippen molar-refractivity contribution in [1.82, 2.24) is 10.2 Å². The Morgan fingerprint density at radius 1 is 1.03 bits per heavy atom. The summed E-state index contributed by atoms with van der Waals surface area (Å²) in [6.07, 6.45) is 11.7. The first-order valence-corrected chi connectivity index (χ1v) is 11.9. The molecule has 29 heavy (non-hydrogen) atoms. The maximum absolute atomic E-state index is 13.1. The predicted molar refractivity (Wildman–Crippen MR) is 111 cm³/mol. The Bertz CT molecular complexity index is 610. The lowest BCUT2D eigenvalue weighted by molar-refractivity contribution is -0.185. The van der Waals surface area contributed by atoms with Crippen LogP contribution in [0.2, 0.25) is 0 Å².